The van der Waals surface area contributed by atoms with Gasteiger partial charge in [0.15, 0.2) is 0 Å². The summed E-state index contributed by atoms with van der Waals surface area (Å²) in [5.41, 5.74) is 1.02. The molecule has 6 nitrogen and oxygen atoms in total. The predicted octanol–water partition coefficient (Wildman–Crippen LogP) is 1.54. The lowest BCUT2D eigenvalue weighted by Crippen LogP contribution is -2.08. The lowest BCUT2D eigenvalue weighted by atomic mass is 10.3. The number of nitrogens with zero attached hydrogens (tertiary/aromatic N) is 2. The highest BCUT2D eigenvalue weighted by Crippen LogP contribution is 2.23. The monoisotopic (exact) mass is 264 g/mol. The Hall–Kier alpha value is -2.08. The molecule has 2 aromatic heterocycles. The van der Waals surface area contributed by atoms with Gasteiger partial charge in [-0.1, -0.05) is 0 Å². The molecule has 1 N–H and O–H groups in total. The van der Waals surface area contributed by atoms with Crippen LogP contribution in [0.1, 0.15) is 6.42 Å². The second-order valence-corrected chi connectivity index (χ2v) is 4.02. The number of aromatic nitrogens is 2. The average molecular weight is 264 g/mol. The number of fused-ring (bicyclic) bond motifs is 1. The first-order valence-electron chi connectivity index (χ1n) is 5.99. The minimum absolute atomic E-state index is 0.0319. The van der Waals surface area contributed by atoms with Crippen molar-refractivity contribution in [2.45, 2.75) is 13.0 Å². The number of methoxy groups -OCH3 is 1. The zero-order chi connectivity index (χ0) is 13.7. The van der Waals surface area contributed by atoms with Gasteiger partial charge in [0.05, 0.1) is 37.6 Å². The summed E-state index contributed by atoms with van der Waals surface area (Å²) in [6.45, 7) is 1.37. The fourth-order valence-electron chi connectivity index (χ4n) is 1.88. The standard InChI is InChI=1S/C13H16N2O4/c1-18-13-10-3-6-15(11(10)2-5-14-13)7-9-19-8-4-12(16)17/h2-3,5-6H,4,7-9H2,1H3,(H,16,17). The first kappa shape index (κ1) is 13.4. The maximum atomic E-state index is 10.3. The SMILES string of the molecule is COc1nccc2c1ccn2CCOCCC(=O)O. The molecule has 0 fully saturated rings. The fourth-order valence-corrected chi connectivity index (χ4v) is 1.88. The smallest absolute Gasteiger partial charge is 0.305 e. The highest BCUT2D eigenvalue weighted by molar-refractivity contribution is 5.84. The van der Waals surface area contributed by atoms with Gasteiger partial charge in [0.25, 0.3) is 0 Å². The zero-order valence-electron chi connectivity index (χ0n) is 10.7. The summed E-state index contributed by atoms with van der Waals surface area (Å²) < 4.78 is 12.5. The maximum Gasteiger partial charge on any atom is 0.305 e. The van der Waals surface area contributed by atoms with Gasteiger partial charge in [-0.2, -0.15) is 0 Å². The molecule has 0 radical (unpaired) electrons. The van der Waals surface area contributed by atoms with E-state index in [1.807, 2.05) is 22.9 Å². The Morgan fingerprint density at radius 3 is 3.00 bits per heavy atom. The van der Waals surface area contributed by atoms with Crippen LogP contribution in [0.4, 0.5) is 0 Å². The molecule has 2 aromatic rings. The lowest BCUT2D eigenvalue weighted by molar-refractivity contribution is -0.138. The van der Waals surface area contributed by atoms with Crippen LogP contribution in [0.5, 0.6) is 5.88 Å². The summed E-state index contributed by atoms with van der Waals surface area (Å²) in [6.07, 6.45) is 3.67. The Labute approximate surface area is 110 Å². The highest BCUT2D eigenvalue weighted by atomic mass is 16.5. The van der Waals surface area contributed by atoms with Crippen molar-refractivity contribution in [1.29, 1.82) is 0 Å². The molecule has 0 saturated carbocycles. The van der Waals surface area contributed by atoms with Crippen molar-refractivity contribution in [2.75, 3.05) is 20.3 Å². The van der Waals surface area contributed by atoms with E-state index < -0.39 is 5.97 Å². The number of aliphatic carboxylic acids is 1. The molecule has 0 spiro atoms. The topological polar surface area (TPSA) is 73.6 Å². The molecule has 0 atom stereocenters. The Bertz CT molecular complexity index is 565. The van der Waals surface area contributed by atoms with E-state index in [0.29, 0.717) is 19.0 Å². The first-order valence-corrected chi connectivity index (χ1v) is 5.99. The Kier molecular flexibility index (Phi) is 4.35. The molecule has 2 heterocycles. The normalized spacial score (nSPS) is 10.8. The van der Waals surface area contributed by atoms with Crippen LogP contribution in [0.3, 0.4) is 0 Å². The second-order valence-electron chi connectivity index (χ2n) is 4.02. The van der Waals surface area contributed by atoms with Crippen molar-refractivity contribution in [1.82, 2.24) is 9.55 Å². The van der Waals surface area contributed by atoms with Crippen LogP contribution < -0.4 is 4.74 Å². The van der Waals surface area contributed by atoms with Crippen LogP contribution in [-0.4, -0.2) is 41.0 Å². The molecule has 2 rings (SSSR count). The van der Waals surface area contributed by atoms with Crippen molar-refractivity contribution in [3.63, 3.8) is 0 Å². The van der Waals surface area contributed by atoms with Crippen molar-refractivity contribution in [2.24, 2.45) is 0 Å². The third-order valence-corrected chi connectivity index (χ3v) is 2.79. The molecule has 0 aromatic carbocycles. The molecular formula is C13H16N2O4. The molecule has 0 bridgehead atoms. The predicted molar refractivity (Wildman–Crippen MR) is 69.4 cm³/mol. The van der Waals surface area contributed by atoms with Gasteiger partial charge < -0.3 is 19.1 Å². The minimum atomic E-state index is -0.845. The molecule has 0 saturated heterocycles. The van der Waals surface area contributed by atoms with Gasteiger partial charge in [-0.15, -0.1) is 0 Å². The van der Waals surface area contributed by atoms with Crippen molar-refractivity contribution < 1.29 is 19.4 Å². The highest BCUT2D eigenvalue weighted by Gasteiger charge is 2.06. The molecule has 0 amide bonds. The van der Waals surface area contributed by atoms with Crippen LogP contribution in [0.2, 0.25) is 0 Å². The molecule has 6 heteroatoms. The zero-order valence-corrected chi connectivity index (χ0v) is 10.7. The van der Waals surface area contributed by atoms with Gasteiger partial charge in [-0.3, -0.25) is 4.79 Å². The summed E-state index contributed by atoms with van der Waals surface area (Å²) in [6, 6.07) is 3.85. The number of hydrogen-bond acceptors (Lipinski definition) is 4. The third-order valence-electron chi connectivity index (χ3n) is 2.79. The minimum Gasteiger partial charge on any atom is -0.481 e. The summed E-state index contributed by atoms with van der Waals surface area (Å²) in [5.74, 6) is -0.245. The van der Waals surface area contributed by atoms with E-state index in [0.717, 1.165) is 10.9 Å². The van der Waals surface area contributed by atoms with Gasteiger partial charge in [-0.05, 0) is 12.1 Å². The number of carboxylic acids is 1. The van der Waals surface area contributed by atoms with Crippen molar-refractivity contribution in [3.8, 4) is 5.88 Å². The lowest BCUT2D eigenvalue weighted by Gasteiger charge is -2.06. The van der Waals surface area contributed by atoms with Gasteiger partial charge in [0.1, 0.15) is 0 Å². The second kappa shape index (κ2) is 6.19. The van der Waals surface area contributed by atoms with Crippen LogP contribution >= 0.6 is 0 Å². The average Bonchev–Trinajstić information content (AvgIpc) is 2.81. The summed E-state index contributed by atoms with van der Waals surface area (Å²) in [4.78, 5) is 14.5. The van der Waals surface area contributed by atoms with E-state index in [2.05, 4.69) is 4.98 Å². The number of rotatable bonds is 7. The molecule has 0 unspecified atom stereocenters. The Morgan fingerprint density at radius 1 is 1.42 bits per heavy atom. The van der Waals surface area contributed by atoms with Crippen LogP contribution in [0.15, 0.2) is 24.5 Å². The van der Waals surface area contributed by atoms with Crippen molar-refractivity contribution in [3.05, 3.63) is 24.5 Å². The van der Waals surface area contributed by atoms with E-state index in [4.69, 9.17) is 14.6 Å². The van der Waals surface area contributed by atoms with E-state index in [9.17, 15) is 4.79 Å². The van der Waals surface area contributed by atoms with Gasteiger partial charge in [0.2, 0.25) is 5.88 Å². The summed E-state index contributed by atoms with van der Waals surface area (Å²) >= 11 is 0. The fraction of sp³-hybridized carbons (Fsp3) is 0.385. The van der Waals surface area contributed by atoms with Crippen LogP contribution in [0.25, 0.3) is 10.9 Å². The van der Waals surface area contributed by atoms with E-state index in [1.54, 1.807) is 13.3 Å². The van der Waals surface area contributed by atoms with Gasteiger partial charge >= 0.3 is 5.97 Å². The molecule has 0 aliphatic carbocycles. The Morgan fingerprint density at radius 2 is 2.26 bits per heavy atom. The number of carbonyl (C=O) groups is 1. The van der Waals surface area contributed by atoms with Crippen molar-refractivity contribution >= 4 is 16.9 Å². The van der Waals surface area contributed by atoms with Crippen LogP contribution in [0, 0.1) is 0 Å². The molecule has 102 valence electrons. The quantitative estimate of drug-likeness (QED) is 0.768. The molecule has 0 aliphatic rings. The number of carboxylic acid groups (broad SMARTS) is 1. The number of hydrogen-bond donors (Lipinski definition) is 1. The van der Waals surface area contributed by atoms with E-state index >= 15 is 0 Å². The number of ether oxygens (including phenoxy) is 2. The molecule has 0 aliphatic heterocycles. The largest absolute Gasteiger partial charge is 0.481 e. The van der Waals surface area contributed by atoms with Crippen LogP contribution in [-0.2, 0) is 16.1 Å². The third kappa shape index (κ3) is 3.23. The number of pyridine rings is 1. The first-order chi connectivity index (χ1) is 9.22. The molecular weight excluding hydrogens is 248 g/mol. The Balaban J connectivity index is 1.96. The van der Waals surface area contributed by atoms with Gasteiger partial charge in [0, 0.05) is 18.9 Å². The van der Waals surface area contributed by atoms with Gasteiger partial charge in [-0.25, -0.2) is 4.98 Å². The van der Waals surface area contributed by atoms with E-state index in [-0.39, 0.29) is 13.0 Å². The summed E-state index contributed by atoms with van der Waals surface area (Å²) in [7, 11) is 1.59. The van der Waals surface area contributed by atoms with E-state index in [1.165, 1.54) is 0 Å². The maximum absolute atomic E-state index is 10.3. The molecule has 19 heavy (non-hydrogen) atoms. The summed E-state index contributed by atoms with van der Waals surface area (Å²) in [5, 5.41) is 9.44.